The van der Waals surface area contributed by atoms with Gasteiger partial charge in [-0.1, -0.05) is 19.8 Å². The summed E-state index contributed by atoms with van der Waals surface area (Å²) in [6.07, 6.45) is 4.52. The zero-order valence-electron chi connectivity index (χ0n) is 11.7. The summed E-state index contributed by atoms with van der Waals surface area (Å²) in [4.78, 5) is 14.3. The highest BCUT2D eigenvalue weighted by Crippen LogP contribution is 2.27. The fourth-order valence-corrected chi connectivity index (χ4v) is 3.22. The quantitative estimate of drug-likeness (QED) is 0.848. The number of halogens is 2. The summed E-state index contributed by atoms with van der Waals surface area (Å²) < 4.78 is 13.8. The number of anilines is 1. The lowest BCUT2D eigenvalue weighted by atomic mass is 9.92. The second-order valence-electron chi connectivity index (χ2n) is 5.38. The molecule has 1 aromatic rings. The monoisotopic (exact) mass is 342 g/mol. The molecule has 1 aromatic carbocycles. The first kappa shape index (κ1) is 15.3. The smallest absolute Gasteiger partial charge is 0.255 e. The molecule has 2 N–H and O–H groups in total. The van der Waals surface area contributed by atoms with Crippen molar-refractivity contribution in [3.8, 4) is 0 Å². The molecule has 110 valence electrons. The van der Waals surface area contributed by atoms with E-state index in [2.05, 4.69) is 22.9 Å². The average Bonchev–Trinajstić information content (AvgIpc) is 2.43. The molecule has 1 saturated heterocycles. The number of rotatable bonds is 3. The van der Waals surface area contributed by atoms with Crippen LogP contribution in [0.1, 0.15) is 43.0 Å². The molecule has 1 aliphatic rings. The summed E-state index contributed by atoms with van der Waals surface area (Å²) in [7, 11) is 0. The Morgan fingerprint density at radius 1 is 1.45 bits per heavy atom. The topological polar surface area (TPSA) is 46.3 Å². The van der Waals surface area contributed by atoms with E-state index < -0.39 is 5.82 Å². The molecule has 20 heavy (non-hydrogen) atoms. The average molecular weight is 343 g/mol. The number of carbonyl (C=O) groups excluding carboxylic acids is 1. The van der Waals surface area contributed by atoms with Gasteiger partial charge in [-0.05, 0) is 46.8 Å². The van der Waals surface area contributed by atoms with Crippen LogP contribution in [0, 0.1) is 11.7 Å². The second-order valence-corrected chi connectivity index (χ2v) is 6.23. The molecule has 0 radical (unpaired) electrons. The first-order valence-corrected chi connectivity index (χ1v) is 7.86. The fraction of sp³-hybridized carbons (Fsp3) is 0.533. The number of carbonyl (C=O) groups is 1. The predicted molar refractivity (Wildman–Crippen MR) is 82.0 cm³/mol. The van der Waals surface area contributed by atoms with Gasteiger partial charge in [0.1, 0.15) is 5.82 Å². The van der Waals surface area contributed by atoms with Gasteiger partial charge in [-0.25, -0.2) is 4.39 Å². The van der Waals surface area contributed by atoms with E-state index in [1.54, 1.807) is 0 Å². The van der Waals surface area contributed by atoms with Crippen molar-refractivity contribution in [1.29, 1.82) is 0 Å². The Morgan fingerprint density at radius 3 is 2.70 bits per heavy atom. The normalized spacial score (nSPS) is 16.4. The van der Waals surface area contributed by atoms with E-state index in [0.29, 0.717) is 10.0 Å². The van der Waals surface area contributed by atoms with Gasteiger partial charge in [-0.3, -0.25) is 4.79 Å². The maximum Gasteiger partial charge on any atom is 0.255 e. The molecule has 0 bridgehead atoms. The van der Waals surface area contributed by atoms with Crippen LogP contribution >= 0.6 is 15.9 Å². The number of nitrogens with zero attached hydrogens (tertiary/aromatic N) is 1. The lowest BCUT2D eigenvalue weighted by Crippen LogP contribution is -2.38. The molecule has 3 nitrogen and oxygen atoms in total. The van der Waals surface area contributed by atoms with Gasteiger partial charge in [-0.2, -0.15) is 0 Å². The van der Waals surface area contributed by atoms with Gasteiger partial charge in [0.2, 0.25) is 0 Å². The molecule has 0 saturated carbocycles. The lowest BCUT2D eigenvalue weighted by Gasteiger charge is -2.32. The minimum atomic E-state index is -0.505. The number of benzene rings is 1. The van der Waals surface area contributed by atoms with Crippen molar-refractivity contribution in [3.63, 3.8) is 0 Å². The van der Waals surface area contributed by atoms with E-state index in [0.717, 1.165) is 31.8 Å². The summed E-state index contributed by atoms with van der Waals surface area (Å²) in [5.41, 5.74) is 6.01. The Bertz CT molecular complexity index is 499. The summed E-state index contributed by atoms with van der Waals surface area (Å²) in [5, 5.41) is 0. The van der Waals surface area contributed by atoms with Crippen molar-refractivity contribution in [2.75, 3.05) is 18.8 Å². The van der Waals surface area contributed by atoms with Crippen LogP contribution in [0.25, 0.3) is 0 Å². The zero-order chi connectivity index (χ0) is 14.7. The maximum atomic E-state index is 13.3. The van der Waals surface area contributed by atoms with Gasteiger partial charge in [0.05, 0.1) is 11.3 Å². The van der Waals surface area contributed by atoms with Crippen molar-refractivity contribution >= 4 is 27.5 Å². The van der Waals surface area contributed by atoms with Crippen LogP contribution in [-0.2, 0) is 0 Å². The summed E-state index contributed by atoms with van der Waals surface area (Å²) in [5.74, 6) is 0.152. The highest BCUT2D eigenvalue weighted by molar-refractivity contribution is 9.10. The molecule has 1 amide bonds. The molecule has 0 spiro atoms. The van der Waals surface area contributed by atoms with Crippen molar-refractivity contribution in [2.24, 2.45) is 5.92 Å². The molecule has 5 heteroatoms. The summed E-state index contributed by atoms with van der Waals surface area (Å²) in [6, 6.07) is 2.67. The second kappa shape index (κ2) is 6.57. The van der Waals surface area contributed by atoms with Crippen LogP contribution < -0.4 is 5.73 Å². The maximum absolute atomic E-state index is 13.3. The third kappa shape index (κ3) is 3.32. The molecular weight excluding hydrogens is 323 g/mol. The van der Waals surface area contributed by atoms with E-state index in [9.17, 15) is 9.18 Å². The predicted octanol–water partition coefficient (Wildman–Crippen LogP) is 3.82. The van der Waals surface area contributed by atoms with Crippen LogP contribution in [0.4, 0.5) is 10.1 Å². The summed E-state index contributed by atoms with van der Waals surface area (Å²) >= 11 is 3.24. The van der Waals surface area contributed by atoms with Crippen molar-refractivity contribution in [1.82, 2.24) is 4.90 Å². The number of nitrogens with two attached hydrogens (primary N) is 1. The van der Waals surface area contributed by atoms with E-state index in [1.165, 1.54) is 25.0 Å². The van der Waals surface area contributed by atoms with Crippen molar-refractivity contribution < 1.29 is 9.18 Å². The zero-order valence-corrected chi connectivity index (χ0v) is 13.2. The molecule has 0 atom stereocenters. The van der Waals surface area contributed by atoms with E-state index in [-0.39, 0.29) is 11.6 Å². The third-order valence-electron chi connectivity index (χ3n) is 3.92. The van der Waals surface area contributed by atoms with Crippen LogP contribution in [0.5, 0.6) is 0 Å². The first-order chi connectivity index (χ1) is 9.52. The van der Waals surface area contributed by atoms with Crippen LogP contribution in [0.3, 0.4) is 0 Å². The molecule has 0 aromatic heterocycles. The van der Waals surface area contributed by atoms with E-state index in [1.807, 2.05) is 4.90 Å². The van der Waals surface area contributed by atoms with E-state index >= 15 is 0 Å². The molecular formula is C15H20BrFN2O. The van der Waals surface area contributed by atoms with Gasteiger partial charge in [-0.15, -0.1) is 0 Å². The Morgan fingerprint density at radius 2 is 2.10 bits per heavy atom. The number of likely N-dealkylation sites (tertiary alicyclic amines) is 1. The summed E-state index contributed by atoms with van der Waals surface area (Å²) in [6.45, 7) is 3.73. The van der Waals surface area contributed by atoms with Gasteiger partial charge in [0.15, 0.2) is 0 Å². The number of amides is 1. The largest absolute Gasteiger partial charge is 0.396 e. The number of nitrogen functional groups attached to an aromatic ring is 1. The van der Waals surface area contributed by atoms with Gasteiger partial charge < -0.3 is 10.6 Å². The number of hydrogen-bond donors (Lipinski definition) is 1. The Kier molecular flexibility index (Phi) is 5.02. The van der Waals surface area contributed by atoms with Crippen LogP contribution in [0.15, 0.2) is 16.6 Å². The van der Waals surface area contributed by atoms with Gasteiger partial charge in [0, 0.05) is 17.6 Å². The standard InChI is InChI=1S/C15H20BrFN2O/c1-2-3-10-4-6-19(7-5-10)15(20)11-8-14(18)13(17)9-12(11)16/h8-10H,2-7,18H2,1H3. The minimum absolute atomic E-state index is 0.0115. The SMILES string of the molecule is CCCC1CCN(C(=O)c2cc(N)c(F)cc2Br)CC1. The molecule has 0 aliphatic carbocycles. The highest BCUT2D eigenvalue weighted by atomic mass is 79.9. The molecule has 2 rings (SSSR count). The van der Waals surface area contributed by atoms with E-state index in [4.69, 9.17) is 5.73 Å². The molecule has 1 heterocycles. The first-order valence-electron chi connectivity index (χ1n) is 7.06. The number of piperidine rings is 1. The highest BCUT2D eigenvalue weighted by Gasteiger charge is 2.25. The Balaban J connectivity index is 2.07. The van der Waals surface area contributed by atoms with Crippen molar-refractivity contribution in [3.05, 3.63) is 28.0 Å². The molecule has 1 aliphatic heterocycles. The Hall–Kier alpha value is -1.10. The Labute approximate surface area is 127 Å². The number of hydrogen-bond acceptors (Lipinski definition) is 2. The van der Waals surface area contributed by atoms with Crippen LogP contribution in [-0.4, -0.2) is 23.9 Å². The van der Waals surface area contributed by atoms with Crippen molar-refractivity contribution in [2.45, 2.75) is 32.6 Å². The third-order valence-corrected chi connectivity index (χ3v) is 4.57. The van der Waals surface area contributed by atoms with Gasteiger partial charge >= 0.3 is 0 Å². The van der Waals surface area contributed by atoms with Gasteiger partial charge in [0.25, 0.3) is 5.91 Å². The van der Waals surface area contributed by atoms with Crippen LogP contribution in [0.2, 0.25) is 0 Å². The minimum Gasteiger partial charge on any atom is -0.396 e. The fourth-order valence-electron chi connectivity index (χ4n) is 2.73. The molecule has 1 fully saturated rings. The molecule has 0 unspecified atom stereocenters. The lowest BCUT2D eigenvalue weighted by molar-refractivity contribution is 0.0685.